The van der Waals surface area contributed by atoms with Crippen molar-refractivity contribution >= 4 is 29.6 Å². The van der Waals surface area contributed by atoms with Gasteiger partial charge in [-0.25, -0.2) is 0 Å². The van der Waals surface area contributed by atoms with E-state index in [4.69, 9.17) is 22.1 Å². The van der Waals surface area contributed by atoms with Crippen LogP contribution >= 0.6 is 11.6 Å². The van der Waals surface area contributed by atoms with Gasteiger partial charge in [0.1, 0.15) is 18.0 Å². The fraction of sp³-hybridized carbons (Fsp3) is 0.353. The number of hydrogen-bond donors (Lipinski definition) is 2. The summed E-state index contributed by atoms with van der Waals surface area (Å²) >= 11 is 5.60. The Morgan fingerprint density at radius 2 is 2.12 bits per heavy atom. The van der Waals surface area contributed by atoms with Crippen molar-refractivity contribution in [2.24, 2.45) is 16.6 Å². The predicted molar refractivity (Wildman–Crippen MR) is 91.5 cm³/mol. The molecule has 6 nitrogen and oxygen atoms in total. The van der Waals surface area contributed by atoms with Crippen LogP contribution in [0.25, 0.3) is 0 Å². The van der Waals surface area contributed by atoms with Gasteiger partial charge in [-0.1, -0.05) is 18.2 Å². The SMILES string of the molecule is NC1(c2ccc(OCCCCl)cc2)N=C(CC=O)C=CC1C(=O)O. The van der Waals surface area contributed by atoms with Gasteiger partial charge in [-0.2, -0.15) is 0 Å². The first kappa shape index (κ1) is 18.2. The fourth-order valence-corrected chi connectivity index (χ4v) is 2.58. The van der Waals surface area contributed by atoms with Crippen molar-refractivity contribution < 1.29 is 19.4 Å². The Morgan fingerprint density at radius 1 is 1.42 bits per heavy atom. The molecule has 7 heteroatoms. The van der Waals surface area contributed by atoms with E-state index in [1.807, 2.05) is 0 Å². The number of dihydropyridines is 1. The fourth-order valence-electron chi connectivity index (χ4n) is 2.47. The molecule has 24 heavy (non-hydrogen) atoms. The average Bonchev–Trinajstić information content (AvgIpc) is 2.56. The highest BCUT2D eigenvalue weighted by atomic mass is 35.5. The lowest BCUT2D eigenvalue weighted by molar-refractivity contribution is -0.142. The number of aliphatic imine (C=N–C) groups is 1. The molecular weight excluding hydrogens is 332 g/mol. The molecule has 2 rings (SSSR count). The van der Waals surface area contributed by atoms with Crippen molar-refractivity contribution in [3.8, 4) is 5.75 Å². The van der Waals surface area contributed by atoms with E-state index in [1.54, 1.807) is 24.3 Å². The highest BCUT2D eigenvalue weighted by Gasteiger charge is 2.41. The Morgan fingerprint density at radius 3 is 2.71 bits per heavy atom. The molecule has 1 aliphatic heterocycles. The third kappa shape index (κ3) is 4.01. The second-order valence-electron chi connectivity index (χ2n) is 5.39. The van der Waals surface area contributed by atoms with Gasteiger partial charge < -0.3 is 20.4 Å². The number of aliphatic carboxylic acids is 1. The number of alkyl halides is 1. The summed E-state index contributed by atoms with van der Waals surface area (Å²) in [5.74, 6) is -0.936. The Hall–Kier alpha value is -2.18. The van der Waals surface area contributed by atoms with Gasteiger partial charge in [-0.15, -0.1) is 11.6 Å². The van der Waals surface area contributed by atoms with Crippen LogP contribution in [0.3, 0.4) is 0 Å². The second kappa shape index (κ2) is 8.08. The van der Waals surface area contributed by atoms with Crippen molar-refractivity contribution in [1.29, 1.82) is 0 Å². The van der Waals surface area contributed by atoms with Gasteiger partial charge in [0.15, 0.2) is 5.66 Å². The Balaban J connectivity index is 2.29. The largest absolute Gasteiger partial charge is 0.494 e. The van der Waals surface area contributed by atoms with E-state index in [1.165, 1.54) is 12.2 Å². The van der Waals surface area contributed by atoms with E-state index in [-0.39, 0.29) is 6.42 Å². The molecule has 128 valence electrons. The molecular formula is C17H19ClN2O4. The lowest BCUT2D eigenvalue weighted by Crippen LogP contribution is -2.47. The first-order chi connectivity index (χ1) is 11.5. The number of ether oxygens (including phenoxy) is 1. The number of carbonyl (C=O) groups is 2. The number of carbonyl (C=O) groups excluding carboxylic acids is 1. The molecule has 0 saturated carbocycles. The van der Waals surface area contributed by atoms with E-state index in [2.05, 4.69) is 4.99 Å². The Labute approximate surface area is 145 Å². The topological polar surface area (TPSA) is 102 Å². The van der Waals surface area contributed by atoms with Crippen LogP contribution in [-0.2, 0) is 15.3 Å². The Bertz CT molecular complexity index is 657. The summed E-state index contributed by atoms with van der Waals surface area (Å²) in [5.41, 5.74) is 5.85. The molecule has 3 N–H and O–H groups in total. The number of hydrogen-bond acceptors (Lipinski definition) is 5. The molecule has 0 bridgehead atoms. The highest BCUT2D eigenvalue weighted by molar-refractivity contribution is 6.17. The van der Waals surface area contributed by atoms with Crippen molar-refractivity contribution in [3.05, 3.63) is 42.0 Å². The average molecular weight is 351 g/mol. The summed E-state index contributed by atoms with van der Waals surface area (Å²) in [6, 6.07) is 6.80. The van der Waals surface area contributed by atoms with E-state index in [0.29, 0.717) is 35.8 Å². The molecule has 0 aliphatic carbocycles. The van der Waals surface area contributed by atoms with Gasteiger partial charge in [-0.3, -0.25) is 9.79 Å². The number of allylic oxidation sites excluding steroid dienone is 1. The maximum Gasteiger partial charge on any atom is 0.314 e. The molecule has 0 amide bonds. The maximum absolute atomic E-state index is 11.5. The molecule has 1 aliphatic rings. The van der Waals surface area contributed by atoms with E-state index in [9.17, 15) is 14.7 Å². The minimum absolute atomic E-state index is 0.0847. The summed E-state index contributed by atoms with van der Waals surface area (Å²) < 4.78 is 5.52. The Kier molecular flexibility index (Phi) is 6.11. The first-order valence-electron chi connectivity index (χ1n) is 7.53. The molecule has 0 saturated heterocycles. The van der Waals surface area contributed by atoms with Crippen LogP contribution < -0.4 is 10.5 Å². The van der Waals surface area contributed by atoms with Crippen LogP contribution in [-0.4, -0.2) is 35.6 Å². The lowest BCUT2D eigenvalue weighted by atomic mass is 9.84. The smallest absolute Gasteiger partial charge is 0.314 e. The summed E-state index contributed by atoms with van der Waals surface area (Å²) in [4.78, 5) is 26.6. The summed E-state index contributed by atoms with van der Waals surface area (Å²) in [6.07, 6.45) is 4.52. The third-order valence-electron chi connectivity index (χ3n) is 3.71. The third-order valence-corrected chi connectivity index (χ3v) is 3.97. The van der Waals surface area contributed by atoms with Gasteiger partial charge in [0.25, 0.3) is 0 Å². The van der Waals surface area contributed by atoms with E-state index in [0.717, 1.165) is 6.42 Å². The maximum atomic E-state index is 11.5. The molecule has 1 heterocycles. The summed E-state index contributed by atoms with van der Waals surface area (Å²) in [6.45, 7) is 0.499. The molecule has 2 unspecified atom stereocenters. The molecule has 1 aromatic carbocycles. The zero-order valence-corrected chi connectivity index (χ0v) is 13.8. The van der Waals surface area contributed by atoms with Crippen LogP contribution in [0.1, 0.15) is 18.4 Å². The van der Waals surface area contributed by atoms with E-state index < -0.39 is 17.6 Å². The number of aldehydes is 1. The quantitative estimate of drug-likeness (QED) is 0.424. The van der Waals surface area contributed by atoms with Crippen molar-refractivity contribution in [2.75, 3.05) is 12.5 Å². The molecule has 0 radical (unpaired) electrons. The number of rotatable bonds is 8. The number of halogens is 1. The zero-order valence-electron chi connectivity index (χ0n) is 13.0. The standard InChI is InChI=1S/C17H19ClN2O4/c18-9-1-11-24-14-5-2-12(3-6-14)17(19)15(16(22)23)7-4-13(20-17)8-10-21/h2-7,10,15H,1,8-9,11,19H2,(H,22,23). The number of carboxylic acid groups (broad SMARTS) is 1. The molecule has 0 fully saturated rings. The summed E-state index contributed by atoms with van der Waals surface area (Å²) in [7, 11) is 0. The molecule has 0 spiro atoms. The van der Waals surface area contributed by atoms with Gasteiger partial charge in [0, 0.05) is 18.0 Å². The van der Waals surface area contributed by atoms with Crippen LogP contribution in [0.2, 0.25) is 0 Å². The van der Waals surface area contributed by atoms with Crippen molar-refractivity contribution in [3.63, 3.8) is 0 Å². The van der Waals surface area contributed by atoms with Crippen LogP contribution in [0.15, 0.2) is 41.4 Å². The number of nitrogens with two attached hydrogens (primary N) is 1. The highest BCUT2D eigenvalue weighted by Crippen LogP contribution is 2.34. The monoisotopic (exact) mass is 350 g/mol. The van der Waals surface area contributed by atoms with Crippen LogP contribution in [0.5, 0.6) is 5.75 Å². The first-order valence-corrected chi connectivity index (χ1v) is 8.06. The van der Waals surface area contributed by atoms with Crippen LogP contribution in [0, 0.1) is 5.92 Å². The predicted octanol–water partition coefficient (Wildman–Crippen LogP) is 2.11. The molecule has 2 atom stereocenters. The van der Waals surface area contributed by atoms with Gasteiger partial charge in [-0.05, 0) is 30.2 Å². The van der Waals surface area contributed by atoms with Crippen molar-refractivity contribution in [1.82, 2.24) is 0 Å². The van der Waals surface area contributed by atoms with Gasteiger partial charge >= 0.3 is 5.97 Å². The molecule has 1 aromatic rings. The van der Waals surface area contributed by atoms with Gasteiger partial charge in [0.2, 0.25) is 0 Å². The lowest BCUT2D eigenvalue weighted by Gasteiger charge is -2.33. The second-order valence-corrected chi connectivity index (χ2v) is 5.77. The molecule has 0 aromatic heterocycles. The summed E-state index contributed by atoms with van der Waals surface area (Å²) in [5, 5.41) is 9.44. The number of benzene rings is 1. The zero-order chi connectivity index (χ0) is 17.6. The minimum atomic E-state index is -1.46. The van der Waals surface area contributed by atoms with Crippen LogP contribution in [0.4, 0.5) is 0 Å². The van der Waals surface area contributed by atoms with Crippen molar-refractivity contribution in [2.45, 2.75) is 18.5 Å². The van der Waals surface area contributed by atoms with E-state index >= 15 is 0 Å². The minimum Gasteiger partial charge on any atom is -0.494 e. The number of nitrogens with zero attached hydrogens (tertiary/aromatic N) is 1. The number of carboxylic acids is 1. The van der Waals surface area contributed by atoms with Gasteiger partial charge in [0.05, 0.1) is 6.61 Å². The normalized spacial score (nSPS) is 22.8.